The lowest BCUT2D eigenvalue weighted by atomic mass is 10.2. The van der Waals surface area contributed by atoms with Crippen molar-refractivity contribution in [3.05, 3.63) is 29.6 Å². The van der Waals surface area contributed by atoms with Crippen LogP contribution in [0.1, 0.15) is 25.8 Å². The summed E-state index contributed by atoms with van der Waals surface area (Å²) in [5.74, 6) is -0.429. The van der Waals surface area contributed by atoms with Gasteiger partial charge in [0.25, 0.3) is 0 Å². The van der Waals surface area contributed by atoms with Crippen LogP contribution in [0.5, 0.6) is 5.75 Å². The highest BCUT2D eigenvalue weighted by molar-refractivity contribution is 5.95. The molecule has 0 radical (unpaired) electrons. The number of nitrogens with two attached hydrogens (primary N) is 1. The van der Waals surface area contributed by atoms with Gasteiger partial charge in [-0.05, 0) is 31.5 Å². The minimum Gasteiger partial charge on any atom is -0.488 e. The van der Waals surface area contributed by atoms with E-state index in [0.29, 0.717) is 5.56 Å². The van der Waals surface area contributed by atoms with E-state index in [9.17, 15) is 4.39 Å². The number of nitrogens with one attached hydrogen (secondary N) is 1. The van der Waals surface area contributed by atoms with Crippen LogP contribution >= 0.6 is 12.4 Å². The summed E-state index contributed by atoms with van der Waals surface area (Å²) < 4.78 is 18.8. The first kappa shape index (κ1) is 14.7. The number of benzene rings is 1. The second kappa shape index (κ2) is 6.33. The fraction of sp³-hybridized carbons (Fsp3) is 0.364. The zero-order valence-electron chi connectivity index (χ0n) is 9.29. The Morgan fingerprint density at radius 1 is 1.56 bits per heavy atom. The highest BCUT2D eigenvalue weighted by Gasteiger charge is 2.08. The van der Waals surface area contributed by atoms with Crippen molar-refractivity contribution >= 4 is 18.2 Å². The Labute approximate surface area is 101 Å². The van der Waals surface area contributed by atoms with Gasteiger partial charge in [-0.3, -0.25) is 5.41 Å². The average molecular weight is 247 g/mol. The largest absolute Gasteiger partial charge is 0.488 e. The van der Waals surface area contributed by atoms with Gasteiger partial charge in [-0.15, -0.1) is 12.4 Å². The summed E-state index contributed by atoms with van der Waals surface area (Å²) in [6.07, 6.45) is 0.788. The predicted octanol–water partition coefficient (Wildman–Crippen LogP) is 2.71. The van der Waals surface area contributed by atoms with E-state index in [1.165, 1.54) is 12.1 Å². The molecule has 0 aromatic heterocycles. The van der Waals surface area contributed by atoms with Crippen LogP contribution in [0.15, 0.2) is 18.2 Å². The van der Waals surface area contributed by atoms with E-state index < -0.39 is 5.82 Å². The number of hydrogen-bond acceptors (Lipinski definition) is 2. The van der Waals surface area contributed by atoms with Gasteiger partial charge in [0.15, 0.2) is 11.6 Å². The summed E-state index contributed by atoms with van der Waals surface area (Å²) in [5, 5.41) is 7.15. The van der Waals surface area contributed by atoms with Gasteiger partial charge in [-0.1, -0.05) is 6.92 Å². The number of rotatable bonds is 4. The first-order chi connectivity index (χ1) is 7.04. The van der Waals surface area contributed by atoms with Crippen LogP contribution in [0.25, 0.3) is 0 Å². The monoisotopic (exact) mass is 246 g/mol. The van der Waals surface area contributed by atoms with E-state index in [1.54, 1.807) is 6.07 Å². The molecule has 0 heterocycles. The fourth-order valence-electron chi connectivity index (χ4n) is 1.06. The first-order valence-electron chi connectivity index (χ1n) is 4.85. The van der Waals surface area contributed by atoms with Crippen LogP contribution in [0, 0.1) is 11.2 Å². The SMILES string of the molecule is CCC(C)Oc1ccc(C(=N)N)cc1F.Cl. The van der Waals surface area contributed by atoms with E-state index in [-0.39, 0.29) is 30.1 Å². The molecule has 0 aliphatic heterocycles. The van der Waals surface area contributed by atoms with Gasteiger partial charge in [0.1, 0.15) is 5.84 Å². The van der Waals surface area contributed by atoms with E-state index in [2.05, 4.69) is 0 Å². The van der Waals surface area contributed by atoms with Crippen molar-refractivity contribution < 1.29 is 9.13 Å². The van der Waals surface area contributed by atoms with E-state index in [1.807, 2.05) is 13.8 Å². The minimum atomic E-state index is -0.483. The average Bonchev–Trinajstić information content (AvgIpc) is 2.20. The van der Waals surface area contributed by atoms with Gasteiger partial charge in [-0.25, -0.2) is 4.39 Å². The molecule has 1 rings (SSSR count). The molecule has 0 amide bonds. The normalized spacial score (nSPS) is 11.4. The third-order valence-electron chi connectivity index (χ3n) is 2.15. The van der Waals surface area contributed by atoms with Crippen molar-refractivity contribution in [3.63, 3.8) is 0 Å². The second-order valence-electron chi connectivity index (χ2n) is 3.40. The lowest BCUT2D eigenvalue weighted by Crippen LogP contribution is -2.13. The van der Waals surface area contributed by atoms with Crippen LogP contribution in [-0.4, -0.2) is 11.9 Å². The van der Waals surface area contributed by atoms with Gasteiger partial charge < -0.3 is 10.5 Å². The van der Waals surface area contributed by atoms with Gasteiger partial charge in [0.2, 0.25) is 0 Å². The van der Waals surface area contributed by atoms with Crippen molar-refractivity contribution in [2.24, 2.45) is 5.73 Å². The fourth-order valence-corrected chi connectivity index (χ4v) is 1.06. The Balaban J connectivity index is 0.00000225. The maximum absolute atomic E-state index is 13.4. The number of amidine groups is 1. The summed E-state index contributed by atoms with van der Waals surface area (Å²) >= 11 is 0. The number of halogens is 2. The Kier molecular flexibility index (Phi) is 5.82. The molecule has 0 saturated carbocycles. The topological polar surface area (TPSA) is 59.1 Å². The quantitative estimate of drug-likeness (QED) is 0.634. The molecule has 0 spiro atoms. The first-order valence-corrected chi connectivity index (χ1v) is 4.85. The lowest BCUT2D eigenvalue weighted by Gasteiger charge is -2.13. The second-order valence-corrected chi connectivity index (χ2v) is 3.40. The standard InChI is InChI=1S/C11H15FN2O.ClH/c1-3-7(2)15-10-5-4-8(11(13)14)6-9(10)12;/h4-7H,3H2,1-2H3,(H3,13,14);1H. The maximum Gasteiger partial charge on any atom is 0.165 e. The van der Waals surface area contributed by atoms with Gasteiger partial charge >= 0.3 is 0 Å². The summed E-state index contributed by atoms with van der Waals surface area (Å²) in [6, 6.07) is 4.28. The molecule has 5 heteroatoms. The molecule has 3 N–H and O–H groups in total. The van der Waals surface area contributed by atoms with Crippen molar-refractivity contribution in [1.82, 2.24) is 0 Å². The molecule has 16 heavy (non-hydrogen) atoms. The van der Waals surface area contributed by atoms with Crippen molar-refractivity contribution in [2.45, 2.75) is 26.4 Å². The molecule has 1 aromatic rings. The molecule has 0 fully saturated rings. The van der Waals surface area contributed by atoms with Crippen LogP contribution in [0.4, 0.5) is 4.39 Å². The summed E-state index contributed by atoms with van der Waals surface area (Å²) in [7, 11) is 0. The number of ether oxygens (including phenoxy) is 1. The highest BCUT2D eigenvalue weighted by Crippen LogP contribution is 2.20. The third-order valence-corrected chi connectivity index (χ3v) is 2.15. The van der Waals surface area contributed by atoms with E-state index >= 15 is 0 Å². The van der Waals surface area contributed by atoms with Crippen molar-refractivity contribution in [1.29, 1.82) is 5.41 Å². The minimum absolute atomic E-state index is 0. The Hall–Kier alpha value is -1.29. The molecule has 1 atom stereocenters. The summed E-state index contributed by atoms with van der Waals surface area (Å²) in [4.78, 5) is 0. The molecule has 0 bridgehead atoms. The molecule has 0 aliphatic rings. The molecule has 1 unspecified atom stereocenters. The maximum atomic E-state index is 13.4. The van der Waals surface area contributed by atoms with Crippen LogP contribution < -0.4 is 10.5 Å². The molecule has 0 saturated heterocycles. The zero-order chi connectivity index (χ0) is 11.4. The molecular formula is C11H16ClFN2O. The predicted molar refractivity (Wildman–Crippen MR) is 65.0 cm³/mol. The van der Waals surface area contributed by atoms with Crippen molar-refractivity contribution in [2.75, 3.05) is 0 Å². The van der Waals surface area contributed by atoms with Crippen LogP contribution in [0.2, 0.25) is 0 Å². The highest BCUT2D eigenvalue weighted by atomic mass is 35.5. The number of nitrogen functional groups attached to an aromatic ring is 1. The van der Waals surface area contributed by atoms with Crippen LogP contribution in [-0.2, 0) is 0 Å². The van der Waals surface area contributed by atoms with Crippen molar-refractivity contribution in [3.8, 4) is 5.75 Å². The van der Waals surface area contributed by atoms with Crippen LogP contribution in [0.3, 0.4) is 0 Å². The zero-order valence-corrected chi connectivity index (χ0v) is 10.1. The smallest absolute Gasteiger partial charge is 0.165 e. The van der Waals surface area contributed by atoms with Gasteiger partial charge in [0.05, 0.1) is 6.10 Å². The lowest BCUT2D eigenvalue weighted by molar-refractivity contribution is 0.208. The summed E-state index contributed by atoms with van der Waals surface area (Å²) in [5.41, 5.74) is 5.60. The molecule has 90 valence electrons. The number of hydrogen-bond donors (Lipinski definition) is 2. The van der Waals surface area contributed by atoms with Gasteiger partial charge in [-0.2, -0.15) is 0 Å². The van der Waals surface area contributed by atoms with E-state index in [0.717, 1.165) is 6.42 Å². The molecule has 0 aliphatic carbocycles. The third kappa shape index (κ3) is 3.70. The Bertz CT molecular complexity index is 371. The Morgan fingerprint density at radius 3 is 2.62 bits per heavy atom. The van der Waals surface area contributed by atoms with E-state index in [4.69, 9.17) is 15.9 Å². The van der Waals surface area contributed by atoms with Gasteiger partial charge in [0, 0.05) is 5.56 Å². The molecule has 3 nitrogen and oxygen atoms in total. The molecular weight excluding hydrogens is 231 g/mol. The molecule has 1 aromatic carbocycles. The summed E-state index contributed by atoms with van der Waals surface area (Å²) in [6.45, 7) is 3.84. The Morgan fingerprint density at radius 2 is 2.19 bits per heavy atom.